The summed E-state index contributed by atoms with van der Waals surface area (Å²) in [5.74, 6) is -0.0318. The van der Waals surface area contributed by atoms with Gasteiger partial charge in [0.2, 0.25) is 15.9 Å². The number of nitrogens with one attached hydrogen (secondary N) is 1. The molecule has 1 amide bonds. The van der Waals surface area contributed by atoms with Crippen molar-refractivity contribution >= 4 is 32.5 Å². The van der Waals surface area contributed by atoms with Crippen LogP contribution in [0, 0.1) is 5.92 Å². The molecule has 0 spiro atoms. The van der Waals surface area contributed by atoms with Gasteiger partial charge in [-0.15, -0.1) is 0 Å². The Hall–Kier alpha value is -1.99. The topological polar surface area (TPSA) is 79.4 Å². The van der Waals surface area contributed by atoms with Crippen molar-refractivity contribution in [1.29, 1.82) is 0 Å². The van der Waals surface area contributed by atoms with Crippen molar-refractivity contribution < 1.29 is 13.2 Å². The zero-order chi connectivity index (χ0) is 17.7. The minimum absolute atomic E-state index is 0.100. The van der Waals surface area contributed by atoms with Crippen molar-refractivity contribution in [2.24, 2.45) is 5.92 Å². The van der Waals surface area contributed by atoms with Gasteiger partial charge in [0.1, 0.15) is 0 Å². The molecule has 1 N–H and O–H groups in total. The predicted octanol–water partition coefficient (Wildman–Crippen LogP) is 2.48. The molecule has 0 atom stereocenters. The Morgan fingerprint density at radius 3 is 2.62 bits per heavy atom. The first-order valence-electron chi connectivity index (χ1n) is 7.86. The Bertz CT molecular complexity index is 813. The van der Waals surface area contributed by atoms with Crippen LogP contribution >= 0.6 is 0 Å². The maximum Gasteiger partial charge on any atom is 0.225 e. The molecule has 2 rings (SSSR count). The van der Waals surface area contributed by atoms with Gasteiger partial charge in [-0.3, -0.25) is 9.78 Å². The van der Waals surface area contributed by atoms with Crippen LogP contribution in [0.5, 0.6) is 0 Å². The molecule has 24 heavy (non-hydrogen) atoms. The number of anilines is 1. The van der Waals surface area contributed by atoms with Gasteiger partial charge in [0.15, 0.2) is 0 Å². The Balaban J connectivity index is 2.04. The Labute approximate surface area is 142 Å². The fourth-order valence-electron chi connectivity index (χ4n) is 2.44. The summed E-state index contributed by atoms with van der Waals surface area (Å²) in [5, 5.41) is 3.76. The molecule has 0 fully saturated rings. The van der Waals surface area contributed by atoms with Gasteiger partial charge in [-0.1, -0.05) is 32.0 Å². The fourth-order valence-corrected chi connectivity index (χ4v) is 3.44. The summed E-state index contributed by atoms with van der Waals surface area (Å²) in [6.45, 7) is 4.46. The zero-order valence-corrected chi connectivity index (χ0v) is 15.0. The summed E-state index contributed by atoms with van der Waals surface area (Å²) in [5.41, 5.74) is 1.35. The Kier molecular flexibility index (Phi) is 5.90. The number of amides is 1. The van der Waals surface area contributed by atoms with Crippen LogP contribution in [0.1, 0.15) is 20.3 Å². The van der Waals surface area contributed by atoms with Crippen molar-refractivity contribution in [3.05, 3.63) is 36.5 Å². The Morgan fingerprint density at radius 1 is 1.25 bits per heavy atom. The summed E-state index contributed by atoms with van der Waals surface area (Å²) in [7, 11) is -3.32. The molecule has 0 aliphatic carbocycles. The lowest BCUT2D eigenvalue weighted by Crippen LogP contribution is -2.35. The molecule has 0 radical (unpaired) electrons. The highest BCUT2D eigenvalue weighted by molar-refractivity contribution is 7.88. The van der Waals surface area contributed by atoms with Crippen LogP contribution in [0.4, 0.5) is 5.69 Å². The molecule has 130 valence electrons. The van der Waals surface area contributed by atoms with Crippen LogP contribution in [-0.2, 0) is 14.8 Å². The third kappa shape index (κ3) is 5.01. The molecule has 2 aromatic rings. The van der Waals surface area contributed by atoms with E-state index in [4.69, 9.17) is 0 Å². The van der Waals surface area contributed by atoms with Crippen molar-refractivity contribution in [3.63, 3.8) is 0 Å². The summed E-state index contributed by atoms with van der Waals surface area (Å²) < 4.78 is 24.9. The van der Waals surface area contributed by atoms with E-state index in [0.29, 0.717) is 12.2 Å². The molecular weight excluding hydrogens is 326 g/mol. The number of rotatable bonds is 7. The number of nitrogens with zero attached hydrogens (tertiary/aromatic N) is 2. The monoisotopic (exact) mass is 349 g/mol. The molecule has 0 bridgehead atoms. The second-order valence-electron chi connectivity index (χ2n) is 6.19. The number of hydrogen-bond acceptors (Lipinski definition) is 4. The van der Waals surface area contributed by atoms with Crippen molar-refractivity contribution in [2.75, 3.05) is 24.7 Å². The molecule has 1 heterocycles. The molecule has 0 unspecified atom stereocenters. The predicted molar refractivity (Wildman–Crippen MR) is 96.2 cm³/mol. The standard InChI is InChI=1S/C17H23N3O3S/c1-13(2)12-20(24(3,22)23)11-9-16(21)19-15-8-4-6-14-7-5-10-18-17(14)15/h4-8,10,13H,9,11-12H2,1-3H3,(H,19,21). The number of carbonyl (C=O) groups is 1. The molecule has 7 heteroatoms. The van der Waals surface area contributed by atoms with Crippen LogP contribution in [0.2, 0.25) is 0 Å². The van der Waals surface area contributed by atoms with Crippen molar-refractivity contribution in [3.8, 4) is 0 Å². The van der Waals surface area contributed by atoms with Crippen molar-refractivity contribution in [2.45, 2.75) is 20.3 Å². The normalized spacial score (nSPS) is 12.0. The third-order valence-electron chi connectivity index (χ3n) is 3.53. The second-order valence-corrected chi connectivity index (χ2v) is 8.18. The summed E-state index contributed by atoms with van der Waals surface area (Å²) >= 11 is 0. The Morgan fingerprint density at radius 2 is 1.96 bits per heavy atom. The van der Waals surface area contributed by atoms with E-state index in [1.807, 2.05) is 38.1 Å². The first kappa shape index (κ1) is 18.4. The quantitative estimate of drug-likeness (QED) is 0.833. The highest BCUT2D eigenvalue weighted by atomic mass is 32.2. The molecule has 0 saturated heterocycles. The van der Waals surface area contributed by atoms with Crippen molar-refractivity contribution in [1.82, 2.24) is 9.29 Å². The summed E-state index contributed by atoms with van der Waals surface area (Å²) in [6.07, 6.45) is 2.94. The third-order valence-corrected chi connectivity index (χ3v) is 4.80. The molecule has 0 aliphatic rings. The number of carbonyl (C=O) groups excluding carboxylic acids is 1. The maximum atomic E-state index is 12.2. The maximum absolute atomic E-state index is 12.2. The van der Waals surface area contributed by atoms with E-state index in [0.717, 1.165) is 10.9 Å². The molecule has 0 saturated carbocycles. The number of fused-ring (bicyclic) bond motifs is 1. The lowest BCUT2D eigenvalue weighted by atomic mass is 10.2. The highest BCUT2D eigenvalue weighted by Gasteiger charge is 2.19. The summed E-state index contributed by atoms with van der Waals surface area (Å²) in [6, 6.07) is 9.32. The van der Waals surface area contributed by atoms with Gasteiger partial charge < -0.3 is 5.32 Å². The lowest BCUT2D eigenvalue weighted by molar-refractivity contribution is -0.116. The van der Waals surface area contributed by atoms with Gasteiger partial charge >= 0.3 is 0 Å². The molecular formula is C17H23N3O3S. The number of para-hydroxylation sites is 1. The van der Waals surface area contributed by atoms with E-state index >= 15 is 0 Å². The van der Waals surface area contributed by atoms with Gasteiger partial charge in [0.25, 0.3) is 0 Å². The van der Waals surface area contributed by atoms with E-state index in [1.54, 1.807) is 12.3 Å². The average Bonchev–Trinajstić information content (AvgIpc) is 2.50. The van der Waals surface area contributed by atoms with Gasteiger partial charge in [-0.25, -0.2) is 12.7 Å². The number of pyridine rings is 1. The van der Waals surface area contributed by atoms with Crippen LogP contribution < -0.4 is 5.32 Å². The van der Waals surface area contributed by atoms with Crippen LogP contribution in [-0.4, -0.2) is 43.0 Å². The number of hydrogen-bond donors (Lipinski definition) is 1. The van der Waals surface area contributed by atoms with E-state index in [2.05, 4.69) is 10.3 Å². The number of aromatic nitrogens is 1. The largest absolute Gasteiger partial charge is 0.324 e. The van der Waals surface area contributed by atoms with E-state index < -0.39 is 10.0 Å². The van der Waals surface area contributed by atoms with E-state index in [-0.39, 0.29) is 24.8 Å². The molecule has 1 aromatic carbocycles. The zero-order valence-electron chi connectivity index (χ0n) is 14.2. The average molecular weight is 349 g/mol. The van der Waals surface area contributed by atoms with Crippen LogP contribution in [0.15, 0.2) is 36.5 Å². The second kappa shape index (κ2) is 7.72. The van der Waals surface area contributed by atoms with E-state index in [1.165, 1.54) is 10.6 Å². The van der Waals surface area contributed by atoms with E-state index in [9.17, 15) is 13.2 Å². The van der Waals surface area contributed by atoms with Crippen LogP contribution in [0.25, 0.3) is 10.9 Å². The van der Waals surface area contributed by atoms with Gasteiger partial charge in [-0.05, 0) is 18.1 Å². The molecule has 0 aliphatic heterocycles. The number of benzene rings is 1. The summed E-state index contributed by atoms with van der Waals surface area (Å²) in [4.78, 5) is 16.5. The van der Waals surface area contributed by atoms with Crippen LogP contribution in [0.3, 0.4) is 0 Å². The smallest absolute Gasteiger partial charge is 0.225 e. The molecule has 6 nitrogen and oxygen atoms in total. The van der Waals surface area contributed by atoms with Gasteiger partial charge in [-0.2, -0.15) is 0 Å². The van der Waals surface area contributed by atoms with Gasteiger partial charge in [0.05, 0.1) is 17.5 Å². The number of sulfonamides is 1. The first-order valence-corrected chi connectivity index (χ1v) is 9.71. The fraction of sp³-hybridized carbons (Fsp3) is 0.412. The minimum Gasteiger partial charge on any atom is -0.324 e. The highest BCUT2D eigenvalue weighted by Crippen LogP contribution is 2.20. The molecule has 1 aromatic heterocycles. The lowest BCUT2D eigenvalue weighted by Gasteiger charge is -2.21. The van der Waals surface area contributed by atoms with Gasteiger partial charge in [0, 0.05) is 31.1 Å². The first-order chi connectivity index (χ1) is 11.3. The minimum atomic E-state index is -3.32. The SMILES string of the molecule is CC(C)CN(CCC(=O)Nc1cccc2cccnc12)S(C)(=O)=O.